The van der Waals surface area contributed by atoms with E-state index in [4.69, 9.17) is 9.68 Å². The van der Waals surface area contributed by atoms with Crippen molar-refractivity contribution in [2.45, 2.75) is 0 Å². The topological polar surface area (TPSA) is 106 Å². The molecule has 0 saturated carbocycles. The highest BCUT2D eigenvalue weighted by atomic mass is 16.6. The van der Waals surface area contributed by atoms with Crippen molar-refractivity contribution in [1.29, 1.82) is 5.26 Å². The summed E-state index contributed by atoms with van der Waals surface area (Å²) in [4.78, 5) is 20.6. The lowest BCUT2D eigenvalue weighted by atomic mass is 10.2. The van der Waals surface area contributed by atoms with E-state index in [2.05, 4.69) is 4.74 Å². The molecule has 1 aromatic rings. The Morgan fingerprint density at radius 2 is 2.38 bits per heavy atom. The van der Waals surface area contributed by atoms with Crippen LogP contribution in [-0.2, 0) is 9.53 Å². The van der Waals surface area contributed by atoms with Crippen LogP contribution in [0.25, 0.3) is 6.08 Å². The quantitative estimate of drug-likeness (QED) is 0.250. The van der Waals surface area contributed by atoms with Crippen molar-refractivity contribution in [1.82, 2.24) is 0 Å². The predicted octanol–water partition coefficient (Wildman–Crippen LogP) is 1.27. The second kappa shape index (κ2) is 4.75. The van der Waals surface area contributed by atoms with E-state index in [0.717, 1.165) is 19.3 Å². The summed E-state index contributed by atoms with van der Waals surface area (Å²) < 4.78 is 9.06. The molecule has 0 spiro atoms. The van der Waals surface area contributed by atoms with Gasteiger partial charge in [-0.05, 0) is 6.07 Å². The Kier molecular flexibility index (Phi) is 3.40. The molecule has 16 heavy (non-hydrogen) atoms. The molecule has 7 nitrogen and oxygen atoms in total. The van der Waals surface area contributed by atoms with E-state index >= 15 is 0 Å². The third-order valence-corrected chi connectivity index (χ3v) is 1.60. The fraction of sp³-hybridized carbons (Fsp3) is 0.111. The lowest BCUT2D eigenvalue weighted by Gasteiger charge is -1.93. The maximum Gasteiger partial charge on any atom is 0.433 e. The highest BCUT2D eigenvalue weighted by molar-refractivity contribution is 5.97. The van der Waals surface area contributed by atoms with E-state index in [9.17, 15) is 14.9 Å². The van der Waals surface area contributed by atoms with Gasteiger partial charge in [0.25, 0.3) is 0 Å². The number of furan rings is 1. The highest BCUT2D eigenvalue weighted by Gasteiger charge is 2.13. The number of carbonyl (C=O) groups is 1. The maximum absolute atomic E-state index is 11.0. The molecule has 0 saturated heterocycles. The Morgan fingerprint density at radius 1 is 1.69 bits per heavy atom. The third-order valence-electron chi connectivity index (χ3n) is 1.60. The second-order valence-electron chi connectivity index (χ2n) is 2.59. The minimum absolute atomic E-state index is 0.0358. The van der Waals surface area contributed by atoms with Crippen LogP contribution in [0, 0.1) is 21.4 Å². The molecule has 0 aliphatic rings. The number of rotatable bonds is 3. The van der Waals surface area contributed by atoms with E-state index in [-0.39, 0.29) is 11.3 Å². The zero-order valence-electron chi connectivity index (χ0n) is 8.17. The summed E-state index contributed by atoms with van der Waals surface area (Å²) in [5, 5.41) is 18.9. The fourth-order valence-electron chi connectivity index (χ4n) is 0.907. The minimum Gasteiger partial charge on any atom is -0.465 e. The van der Waals surface area contributed by atoms with Gasteiger partial charge in [-0.1, -0.05) is 0 Å². The van der Waals surface area contributed by atoms with Gasteiger partial charge >= 0.3 is 11.9 Å². The van der Waals surface area contributed by atoms with Gasteiger partial charge in [-0.25, -0.2) is 4.79 Å². The van der Waals surface area contributed by atoms with Gasteiger partial charge in [0.05, 0.1) is 13.2 Å². The molecule has 0 bridgehead atoms. The van der Waals surface area contributed by atoms with Crippen LogP contribution >= 0.6 is 0 Å². The summed E-state index contributed by atoms with van der Waals surface area (Å²) >= 11 is 0. The van der Waals surface area contributed by atoms with Crippen molar-refractivity contribution >= 4 is 17.9 Å². The van der Waals surface area contributed by atoms with Crippen molar-refractivity contribution in [2.24, 2.45) is 0 Å². The second-order valence-corrected chi connectivity index (χ2v) is 2.59. The number of nitriles is 1. The predicted molar refractivity (Wildman–Crippen MR) is 51.0 cm³/mol. The first-order valence-electron chi connectivity index (χ1n) is 4.03. The zero-order chi connectivity index (χ0) is 12.1. The molecule has 0 amide bonds. The minimum atomic E-state index is -0.832. The van der Waals surface area contributed by atoms with Crippen LogP contribution in [-0.4, -0.2) is 18.0 Å². The van der Waals surface area contributed by atoms with Crippen LogP contribution in [0.15, 0.2) is 22.1 Å². The Balaban J connectivity index is 3.01. The molecule has 1 aromatic heterocycles. The summed E-state index contributed by atoms with van der Waals surface area (Å²) in [7, 11) is 1.12. The molecule has 0 fully saturated rings. The Bertz CT molecular complexity index is 494. The lowest BCUT2D eigenvalue weighted by molar-refractivity contribution is -0.402. The number of hydrogen-bond acceptors (Lipinski definition) is 6. The van der Waals surface area contributed by atoms with Crippen LogP contribution < -0.4 is 0 Å². The van der Waals surface area contributed by atoms with Crippen molar-refractivity contribution in [2.75, 3.05) is 7.11 Å². The van der Waals surface area contributed by atoms with Crippen LogP contribution in [0.2, 0.25) is 0 Å². The van der Waals surface area contributed by atoms with Gasteiger partial charge in [-0.3, -0.25) is 10.1 Å². The van der Waals surface area contributed by atoms with Crippen LogP contribution in [0.1, 0.15) is 5.76 Å². The van der Waals surface area contributed by atoms with E-state index in [1.54, 1.807) is 6.07 Å². The largest absolute Gasteiger partial charge is 0.465 e. The number of methoxy groups -OCH3 is 1. The Hall–Kier alpha value is -2.62. The molecule has 0 aliphatic heterocycles. The molecule has 82 valence electrons. The van der Waals surface area contributed by atoms with Crippen molar-refractivity contribution in [3.05, 3.63) is 33.6 Å². The summed E-state index contributed by atoms with van der Waals surface area (Å²) in [6.07, 6.45) is 1.07. The van der Waals surface area contributed by atoms with Crippen LogP contribution in [0.5, 0.6) is 0 Å². The molecule has 0 atom stereocenters. The maximum atomic E-state index is 11.0. The van der Waals surface area contributed by atoms with Crippen molar-refractivity contribution in [3.8, 4) is 6.07 Å². The van der Waals surface area contributed by atoms with Crippen molar-refractivity contribution < 1.29 is 18.9 Å². The summed E-state index contributed by atoms with van der Waals surface area (Å²) in [5.41, 5.74) is -0.299. The number of esters is 1. The SMILES string of the molecule is COC(=O)/C(C#N)=C/c1ccc([N+](=O)[O-])o1. The monoisotopic (exact) mass is 222 g/mol. The van der Waals surface area contributed by atoms with Crippen LogP contribution in [0.4, 0.5) is 5.88 Å². The number of nitro groups is 1. The van der Waals surface area contributed by atoms with E-state index in [1.807, 2.05) is 0 Å². The number of nitrogens with zero attached hydrogens (tertiary/aromatic N) is 2. The molecular formula is C9H6N2O5. The first-order valence-corrected chi connectivity index (χ1v) is 4.03. The van der Waals surface area contributed by atoms with Gasteiger partial charge in [0.15, 0.2) is 0 Å². The van der Waals surface area contributed by atoms with E-state index in [0.29, 0.717) is 0 Å². The zero-order valence-corrected chi connectivity index (χ0v) is 8.17. The molecule has 7 heteroatoms. The normalized spacial score (nSPS) is 10.6. The average molecular weight is 222 g/mol. The fourth-order valence-corrected chi connectivity index (χ4v) is 0.907. The number of carbonyl (C=O) groups excluding carboxylic acids is 1. The lowest BCUT2D eigenvalue weighted by Crippen LogP contribution is -2.02. The van der Waals surface area contributed by atoms with Crippen molar-refractivity contribution in [3.63, 3.8) is 0 Å². The van der Waals surface area contributed by atoms with Gasteiger partial charge in [0.2, 0.25) is 0 Å². The van der Waals surface area contributed by atoms with E-state index < -0.39 is 16.8 Å². The van der Waals surface area contributed by atoms with Gasteiger partial charge in [0, 0.05) is 6.08 Å². The van der Waals surface area contributed by atoms with Gasteiger partial charge in [0.1, 0.15) is 22.3 Å². The molecule has 0 aromatic carbocycles. The number of ether oxygens (including phenoxy) is 1. The highest BCUT2D eigenvalue weighted by Crippen LogP contribution is 2.18. The molecule has 1 heterocycles. The standard InChI is InChI=1S/C9H6N2O5/c1-15-9(12)6(5-10)4-7-2-3-8(16-7)11(13)14/h2-4H,1H3/b6-4+. The first-order chi connectivity index (χ1) is 7.58. The Labute approximate surface area is 89.7 Å². The molecule has 0 radical (unpaired) electrons. The van der Waals surface area contributed by atoms with Gasteiger partial charge < -0.3 is 9.15 Å². The summed E-state index contributed by atoms with van der Waals surface area (Å²) in [5.74, 6) is -1.26. The smallest absolute Gasteiger partial charge is 0.433 e. The first kappa shape index (κ1) is 11.5. The summed E-state index contributed by atoms with van der Waals surface area (Å²) in [6, 6.07) is 4.00. The third kappa shape index (κ3) is 2.45. The molecule has 0 aliphatic carbocycles. The average Bonchev–Trinajstić information content (AvgIpc) is 2.73. The molecule has 0 unspecified atom stereocenters. The molecule has 1 rings (SSSR count). The number of hydrogen-bond donors (Lipinski definition) is 0. The van der Waals surface area contributed by atoms with Gasteiger partial charge in [-0.15, -0.1) is 0 Å². The molecular weight excluding hydrogens is 216 g/mol. The van der Waals surface area contributed by atoms with Crippen LogP contribution in [0.3, 0.4) is 0 Å². The Morgan fingerprint density at radius 3 is 2.81 bits per heavy atom. The van der Waals surface area contributed by atoms with E-state index in [1.165, 1.54) is 6.07 Å². The molecule has 0 N–H and O–H groups in total. The van der Waals surface area contributed by atoms with Gasteiger partial charge in [-0.2, -0.15) is 5.26 Å². The summed E-state index contributed by atoms with van der Waals surface area (Å²) in [6.45, 7) is 0.